The Morgan fingerprint density at radius 2 is 1.43 bits per heavy atom. The molecule has 0 heterocycles. The number of allylic oxidation sites excluding steroid dienone is 1. The summed E-state index contributed by atoms with van der Waals surface area (Å²) in [6.07, 6.45) is 16.2. The minimum Gasteiger partial charge on any atom is -0.491 e. The number of hydrogen-bond donors (Lipinski definition) is 0. The van der Waals surface area contributed by atoms with Gasteiger partial charge in [-0.1, -0.05) is 36.4 Å². The highest BCUT2D eigenvalue weighted by Crippen LogP contribution is 2.40. The lowest BCUT2D eigenvalue weighted by atomic mass is 9.76. The number of hydrogen-bond acceptors (Lipinski definition) is 1. The average Bonchev–Trinajstić information content (AvgIpc) is 2.90. The van der Waals surface area contributed by atoms with E-state index in [1.807, 2.05) is 0 Å². The van der Waals surface area contributed by atoms with E-state index in [0.29, 0.717) is 18.1 Å². The standard InChI is InChI=1S/C32H42F2O/c1-3-5-6-23-9-15-26(16-10-23)27-17-11-24(12-18-27)7-8-25-13-19-28(20-14-25)29-21-22-30(35-4-2)32(34)31(29)33/h3,11-12,17-18,21-23,25-26,28H,1,4-10,13-16,19-20H2,2H3. The Kier molecular flexibility index (Phi) is 9.40. The summed E-state index contributed by atoms with van der Waals surface area (Å²) in [5.41, 5.74) is 3.46. The second kappa shape index (κ2) is 12.7. The van der Waals surface area contributed by atoms with E-state index in [-0.39, 0.29) is 11.7 Å². The Balaban J connectivity index is 1.22. The molecule has 0 atom stereocenters. The normalized spacial score (nSPS) is 24.8. The van der Waals surface area contributed by atoms with Crippen LogP contribution in [-0.2, 0) is 6.42 Å². The molecule has 4 rings (SSSR count). The fourth-order valence-electron chi connectivity index (χ4n) is 6.36. The van der Waals surface area contributed by atoms with Crippen molar-refractivity contribution in [3.63, 3.8) is 0 Å². The first-order valence-electron chi connectivity index (χ1n) is 13.9. The molecule has 2 aromatic rings. The molecule has 0 unspecified atom stereocenters. The first-order valence-corrected chi connectivity index (χ1v) is 13.9. The van der Waals surface area contributed by atoms with Crippen LogP contribution in [0.2, 0.25) is 0 Å². The topological polar surface area (TPSA) is 9.23 Å². The van der Waals surface area contributed by atoms with E-state index >= 15 is 0 Å². The average molecular weight is 481 g/mol. The summed E-state index contributed by atoms with van der Waals surface area (Å²) in [6, 6.07) is 12.7. The van der Waals surface area contributed by atoms with Gasteiger partial charge in [0.15, 0.2) is 11.6 Å². The molecule has 2 fully saturated rings. The molecule has 3 heteroatoms. The molecule has 0 N–H and O–H groups in total. The van der Waals surface area contributed by atoms with Crippen molar-refractivity contribution in [1.82, 2.24) is 0 Å². The fourth-order valence-corrected chi connectivity index (χ4v) is 6.36. The first-order chi connectivity index (χ1) is 17.1. The van der Waals surface area contributed by atoms with E-state index in [1.165, 1.54) is 49.7 Å². The van der Waals surface area contributed by atoms with Gasteiger partial charge < -0.3 is 4.74 Å². The maximum absolute atomic E-state index is 14.6. The van der Waals surface area contributed by atoms with E-state index < -0.39 is 11.6 Å². The monoisotopic (exact) mass is 480 g/mol. The lowest BCUT2D eigenvalue weighted by Crippen LogP contribution is -2.16. The van der Waals surface area contributed by atoms with Crippen LogP contribution in [-0.4, -0.2) is 6.61 Å². The molecule has 2 aliphatic rings. The summed E-state index contributed by atoms with van der Waals surface area (Å²) in [5.74, 6) is 0.871. The summed E-state index contributed by atoms with van der Waals surface area (Å²) in [5, 5.41) is 0. The van der Waals surface area contributed by atoms with Crippen molar-refractivity contribution in [3.05, 3.63) is 77.4 Å². The van der Waals surface area contributed by atoms with Gasteiger partial charge in [-0.15, -0.1) is 6.58 Å². The lowest BCUT2D eigenvalue weighted by Gasteiger charge is -2.29. The molecule has 190 valence electrons. The van der Waals surface area contributed by atoms with E-state index in [4.69, 9.17) is 4.74 Å². The molecule has 0 aromatic heterocycles. The third-order valence-corrected chi connectivity index (χ3v) is 8.58. The number of ether oxygens (including phenoxy) is 1. The molecule has 0 bridgehead atoms. The Bertz CT molecular complexity index is 935. The van der Waals surface area contributed by atoms with Gasteiger partial charge in [-0.3, -0.25) is 0 Å². The third-order valence-electron chi connectivity index (χ3n) is 8.58. The van der Waals surface area contributed by atoms with Gasteiger partial charge in [0.25, 0.3) is 0 Å². The lowest BCUT2D eigenvalue weighted by molar-refractivity contribution is 0.297. The van der Waals surface area contributed by atoms with Crippen molar-refractivity contribution in [3.8, 4) is 5.75 Å². The molecule has 1 nitrogen and oxygen atoms in total. The van der Waals surface area contributed by atoms with Crippen LogP contribution < -0.4 is 4.74 Å². The van der Waals surface area contributed by atoms with Gasteiger partial charge in [0.05, 0.1) is 6.61 Å². The second-order valence-corrected chi connectivity index (χ2v) is 10.8. The number of halogens is 2. The summed E-state index contributed by atoms with van der Waals surface area (Å²) in [4.78, 5) is 0. The van der Waals surface area contributed by atoms with E-state index in [2.05, 4.69) is 36.9 Å². The van der Waals surface area contributed by atoms with Crippen molar-refractivity contribution in [1.29, 1.82) is 0 Å². The molecule has 0 spiro atoms. The van der Waals surface area contributed by atoms with Gasteiger partial charge in [-0.25, -0.2) is 4.39 Å². The van der Waals surface area contributed by atoms with E-state index in [9.17, 15) is 8.78 Å². The number of rotatable bonds is 10. The molecular weight excluding hydrogens is 438 g/mol. The fraction of sp³-hybridized carbons (Fsp3) is 0.562. The van der Waals surface area contributed by atoms with Crippen LogP contribution in [0.1, 0.15) is 106 Å². The Hall–Kier alpha value is -2.16. The molecule has 0 aliphatic heterocycles. The minimum absolute atomic E-state index is 0.0182. The van der Waals surface area contributed by atoms with E-state index in [1.54, 1.807) is 19.1 Å². The highest BCUT2D eigenvalue weighted by molar-refractivity contribution is 5.33. The van der Waals surface area contributed by atoms with Crippen LogP contribution in [0.5, 0.6) is 5.75 Å². The number of benzene rings is 2. The number of aryl methyl sites for hydroxylation is 1. The van der Waals surface area contributed by atoms with Crippen LogP contribution >= 0.6 is 0 Å². The SMILES string of the molecule is C=CCCC1CCC(c2ccc(CCC3CCC(c4ccc(OCC)c(F)c4F)CC3)cc2)CC1. The van der Waals surface area contributed by atoms with Gasteiger partial charge in [0, 0.05) is 0 Å². The summed E-state index contributed by atoms with van der Waals surface area (Å²) in [7, 11) is 0. The third kappa shape index (κ3) is 6.74. The van der Waals surface area contributed by atoms with Crippen molar-refractivity contribution < 1.29 is 13.5 Å². The van der Waals surface area contributed by atoms with Gasteiger partial charge in [0.1, 0.15) is 0 Å². The van der Waals surface area contributed by atoms with Crippen molar-refractivity contribution in [2.75, 3.05) is 6.61 Å². The predicted octanol–water partition coefficient (Wildman–Crippen LogP) is 9.51. The van der Waals surface area contributed by atoms with Crippen molar-refractivity contribution >= 4 is 0 Å². The largest absolute Gasteiger partial charge is 0.491 e. The smallest absolute Gasteiger partial charge is 0.200 e. The first kappa shape index (κ1) is 25.9. The zero-order valence-corrected chi connectivity index (χ0v) is 21.4. The Labute approximate surface area is 211 Å². The highest BCUT2D eigenvalue weighted by atomic mass is 19.2. The van der Waals surface area contributed by atoms with Gasteiger partial charge >= 0.3 is 0 Å². The summed E-state index contributed by atoms with van der Waals surface area (Å²) >= 11 is 0. The Morgan fingerprint density at radius 1 is 0.800 bits per heavy atom. The van der Waals surface area contributed by atoms with Crippen LogP contribution in [0.3, 0.4) is 0 Å². The molecule has 35 heavy (non-hydrogen) atoms. The molecule has 0 radical (unpaired) electrons. The van der Waals surface area contributed by atoms with Crippen LogP contribution in [0.4, 0.5) is 8.78 Å². The second-order valence-electron chi connectivity index (χ2n) is 10.8. The minimum atomic E-state index is -0.837. The van der Waals surface area contributed by atoms with Crippen LogP contribution in [0.15, 0.2) is 49.1 Å². The zero-order chi connectivity index (χ0) is 24.6. The Morgan fingerprint density at radius 3 is 2.06 bits per heavy atom. The summed E-state index contributed by atoms with van der Waals surface area (Å²) < 4.78 is 34.1. The zero-order valence-electron chi connectivity index (χ0n) is 21.4. The predicted molar refractivity (Wildman–Crippen MR) is 141 cm³/mol. The van der Waals surface area contributed by atoms with Crippen molar-refractivity contribution in [2.45, 2.75) is 95.8 Å². The van der Waals surface area contributed by atoms with E-state index in [0.717, 1.165) is 50.4 Å². The molecule has 2 saturated carbocycles. The van der Waals surface area contributed by atoms with Gasteiger partial charge in [-0.2, -0.15) is 4.39 Å². The van der Waals surface area contributed by atoms with Crippen LogP contribution in [0, 0.1) is 23.5 Å². The summed E-state index contributed by atoms with van der Waals surface area (Å²) in [6.45, 7) is 5.97. The van der Waals surface area contributed by atoms with Gasteiger partial charge in [0.2, 0.25) is 5.82 Å². The molecule has 0 amide bonds. The quantitative estimate of drug-likeness (QED) is 0.308. The molecular formula is C32H42F2O. The maximum atomic E-state index is 14.6. The highest BCUT2D eigenvalue weighted by Gasteiger charge is 2.27. The maximum Gasteiger partial charge on any atom is 0.200 e. The van der Waals surface area contributed by atoms with Crippen LogP contribution in [0.25, 0.3) is 0 Å². The molecule has 2 aliphatic carbocycles. The molecule has 2 aromatic carbocycles. The van der Waals surface area contributed by atoms with Crippen molar-refractivity contribution in [2.24, 2.45) is 11.8 Å². The van der Waals surface area contributed by atoms with Gasteiger partial charge in [-0.05, 0) is 130 Å². The molecule has 0 saturated heterocycles.